The lowest BCUT2D eigenvalue weighted by Gasteiger charge is -2.29. The summed E-state index contributed by atoms with van der Waals surface area (Å²) >= 11 is 6.37. The molecule has 1 aliphatic rings. The van der Waals surface area contributed by atoms with Crippen molar-refractivity contribution < 1.29 is 19.0 Å². The fraction of sp³-hybridized carbons (Fsp3) is 0.409. The topological polar surface area (TPSA) is 60.0 Å². The van der Waals surface area contributed by atoms with E-state index in [4.69, 9.17) is 25.8 Å². The van der Waals surface area contributed by atoms with Gasteiger partial charge in [0.2, 0.25) is 0 Å². The Kier molecular flexibility index (Phi) is 7.23. The molecule has 3 rings (SSSR count). The predicted octanol–water partition coefficient (Wildman–Crippen LogP) is 4.47. The molecule has 0 aromatic heterocycles. The number of hydrogen-bond acceptors (Lipinski definition) is 5. The third-order valence-electron chi connectivity index (χ3n) is 4.53. The van der Waals surface area contributed by atoms with Crippen LogP contribution < -0.4 is 19.7 Å². The van der Waals surface area contributed by atoms with Crippen molar-refractivity contribution in [3.05, 3.63) is 47.0 Å². The molecule has 1 saturated heterocycles. The maximum absolute atomic E-state index is 12.8. The van der Waals surface area contributed by atoms with E-state index in [1.807, 2.05) is 38.1 Å². The molecule has 0 spiro atoms. The molecule has 1 aliphatic heterocycles. The van der Waals surface area contributed by atoms with Crippen LogP contribution in [-0.2, 0) is 4.74 Å². The number of morpholine rings is 1. The van der Waals surface area contributed by atoms with Gasteiger partial charge in [-0.3, -0.25) is 4.79 Å². The summed E-state index contributed by atoms with van der Waals surface area (Å²) in [6, 6.07) is 11.0. The van der Waals surface area contributed by atoms with E-state index >= 15 is 0 Å². The van der Waals surface area contributed by atoms with Crippen LogP contribution in [0.1, 0.15) is 24.2 Å². The van der Waals surface area contributed by atoms with Crippen LogP contribution in [0.5, 0.6) is 11.5 Å². The number of ether oxygens (including phenoxy) is 3. The molecule has 1 amide bonds. The lowest BCUT2D eigenvalue weighted by atomic mass is 10.1. The van der Waals surface area contributed by atoms with E-state index < -0.39 is 0 Å². The molecule has 7 heteroatoms. The van der Waals surface area contributed by atoms with Crippen LogP contribution in [0.4, 0.5) is 11.4 Å². The van der Waals surface area contributed by atoms with Crippen molar-refractivity contribution in [3.8, 4) is 11.5 Å². The van der Waals surface area contributed by atoms with Crippen molar-refractivity contribution in [2.75, 3.05) is 50.2 Å². The van der Waals surface area contributed by atoms with E-state index in [0.29, 0.717) is 53.5 Å². The van der Waals surface area contributed by atoms with Crippen molar-refractivity contribution in [3.63, 3.8) is 0 Å². The smallest absolute Gasteiger partial charge is 0.255 e. The van der Waals surface area contributed by atoms with Crippen LogP contribution in [0, 0.1) is 5.92 Å². The minimum absolute atomic E-state index is 0.264. The average molecular weight is 419 g/mol. The van der Waals surface area contributed by atoms with Crippen molar-refractivity contribution >= 4 is 28.9 Å². The quantitative estimate of drug-likeness (QED) is 0.718. The number of hydrogen-bond donors (Lipinski definition) is 1. The van der Waals surface area contributed by atoms with Gasteiger partial charge in [0.25, 0.3) is 5.91 Å². The number of nitrogens with one attached hydrogen (secondary N) is 1. The van der Waals surface area contributed by atoms with Gasteiger partial charge in [-0.2, -0.15) is 0 Å². The molecule has 1 fully saturated rings. The van der Waals surface area contributed by atoms with Crippen molar-refractivity contribution in [1.29, 1.82) is 0 Å². The summed E-state index contributed by atoms with van der Waals surface area (Å²) in [6.07, 6.45) is 0. The second-order valence-corrected chi connectivity index (χ2v) is 7.71. The highest BCUT2D eigenvalue weighted by atomic mass is 35.5. The molecule has 156 valence electrons. The molecule has 1 heterocycles. The zero-order valence-corrected chi connectivity index (χ0v) is 17.8. The Morgan fingerprint density at radius 1 is 1.24 bits per heavy atom. The molecule has 0 radical (unpaired) electrons. The van der Waals surface area contributed by atoms with E-state index in [1.165, 1.54) is 7.11 Å². The highest BCUT2D eigenvalue weighted by Crippen LogP contribution is 2.37. The second kappa shape index (κ2) is 9.85. The number of amides is 1. The Labute approximate surface area is 176 Å². The van der Waals surface area contributed by atoms with Crippen LogP contribution in [0.15, 0.2) is 36.4 Å². The summed E-state index contributed by atoms with van der Waals surface area (Å²) in [7, 11) is 1.53. The third-order valence-corrected chi connectivity index (χ3v) is 4.81. The molecule has 0 saturated carbocycles. The van der Waals surface area contributed by atoms with Gasteiger partial charge in [0, 0.05) is 30.0 Å². The van der Waals surface area contributed by atoms with E-state index in [1.54, 1.807) is 12.1 Å². The fourth-order valence-electron chi connectivity index (χ4n) is 3.05. The number of methoxy groups -OCH3 is 1. The van der Waals surface area contributed by atoms with Gasteiger partial charge in [0.05, 0.1) is 32.0 Å². The minimum atomic E-state index is -0.264. The standard InChI is InChI=1S/C22H27ClN2O4/c1-15(2)14-29-21-19(23)11-16(12-20(21)27-3)22(26)24-17-5-4-6-18(13-17)25-7-9-28-10-8-25/h4-6,11-13,15H,7-10,14H2,1-3H3,(H,24,26). The van der Waals surface area contributed by atoms with E-state index in [0.717, 1.165) is 18.8 Å². The van der Waals surface area contributed by atoms with Gasteiger partial charge < -0.3 is 24.4 Å². The Morgan fingerprint density at radius 2 is 2.00 bits per heavy atom. The van der Waals surface area contributed by atoms with Crippen molar-refractivity contribution in [2.24, 2.45) is 5.92 Å². The summed E-state index contributed by atoms with van der Waals surface area (Å²) in [5.74, 6) is 0.969. The first-order chi connectivity index (χ1) is 14.0. The Morgan fingerprint density at radius 3 is 2.69 bits per heavy atom. The monoisotopic (exact) mass is 418 g/mol. The number of carbonyl (C=O) groups excluding carboxylic acids is 1. The Balaban J connectivity index is 1.76. The molecule has 29 heavy (non-hydrogen) atoms. The van der Waals surface area contributed by atoms with E-state index in [9.17, 15) is 4.79 Å². The van der Waals surface area contributed by atoms with Crippen LogP contribution in [0.25, 0.3) is 0 Å². The molecule has 1 N–H and O–H groups in total. The van der Waals surface area contributed by atoms with Crippen LogP contribution in [0.2, 0.25) is 5.02 Å². The van der Waals surface area contributed by atoms with Crippen LogP contribution in [-0.4, -0.2) is 45.9 Å². The SMILES string of the molecule is COc1cc(C(=O)Nc2cccc(N3CCOCC3)c2)cc(Cl)c1OCC(C)C. The Bertz CT molecular complexity index is 851. The summed E-state index contributed by atoms with van der Waals surface area (Å²) in [6.45, 7) is 7.70. The van der Waals surface area contributed by atoms with Crippen molar-refractivity contribution in [1.82, 2.24) is 0 Å². The minimum Gasteiger partial charge on any atom is -0.493 e. The number of nitrogens with zero attached hydrogens (tertiary/aromatic N) is 1. The first-order valence-electron chi connectivity index (χ1n) is 9.72. The molecular formula is C22H27ClN2O4. The van der Waals surface area contributed by atoms with Gasteiger partial charge in [0.15, 0.2) is 11.5 Å². The van der Waals surface area contributed by atoms with Gasteiger partial charge >= 0.3 is 0 Å². The summed E-state index contributed by atoms with van der Waals surface area (Å²) in [5.41, 5.74) is 2.17. The van der Waals surface area contributed by atoms with Crippen molar-refractivity contribution in [2.45, 2.75) is 13.8 Å². The highest BCUT2D eigenvalue weighted by molar-refractivity contribution is 6.32. The van der Waals surface area contributed by atoms with E-state index in [2.05, 4.69) is 10.2 Å². The summed E-state index contributed by atoms with van der Waals surface area (Å²) in [4.78, 5) is 15.0. The molecule has 6 nitrogen and oxygen atoms in total. The molecule has 0 bridgehead atoms. The fourth-order valence-corrected chi connectivity index (χ4v) is 3.31. The molecule has 2 aromatic rings. The zero-order valence-electron chi connectivity index (χ0n) is 17.0. The first kappa shape index (κ1) is 21.3. The summed E-state index contributed by atoms with van der Waals surface area (Å²) in [5, 5.41) is 3.28. The van der Waals surface area contributed by atoms with Gasteiger partial charge in [-0.15, -0.1) is 0 Å². The number of anilines is 2. The predicted molar refractivity (Wildman–Crippen MR) is 116 cm³/mol. The molecule has 0 unspecified atom stereocenters. The molecule has 2 aromatic carbocycles. The molecule has 0 atom stereocenters. The number of carbonyl (C=O) groups is 1. The largest absolute Gasteiger partial charge is 0.493 e. The number of rotatable bonds is 7. The third kappa shape index (κ3) is 5.55. The lowest BCUT2D eigenvalue weighted by Crippen LogP contribution is -2.36. The Hall–Kier alpha value is -2.44. The average Bonchev–Trinajstić information content (AvgIpc) is 2.73. The van der Waals surface area contributed by atoms with Gasteiger partial charge in [-0.25, -0.2) is 0 Å². The molecule has 0 aliphatic carbocycles. The second-order valence-electron chi connectivity index (χ2n) is 7.30. The van der Waals surface area contributed by atoms with Gasteiger partial charge in [-0.05, 0) is 36.2 Å². The maximum atomic E-state index is 12.8. The lowest BCUT2D eigenvalue weighted by molar-refractivity contribution is 0.102. The van der Waals surface area contributed by atoms with Crippen LogP contribution in [0.3, 0.4) is 0 Å². The summed E-state index contributed by atoms with van der Waals surface area (Å²) < 4.78 is 16.5. The highest BCUT2D eigenvalue weighted by Gasteiger charge is 2.17. The normalized spacial score (nSPS) is 14.0. The van der Waals surface area contributed by atoms with Gasteiger partial charge in [-0.1, -0.05) is 31.5 Å². The maximum Gasteiger partial charge on any atom is 0.255 e. The number of benzene rings is 2. The van der Waals surface area contributed by atoms with Gasteiger partial charge in [0.1, 0.15) is 0 Å². The zero-order chi connectivity index (χ0) is 20.8. The van der Waals surface area contributed by atoms with Crippen LogP contribution >= 0.6 is 11.6 Å². The molecular weight excluding hydrogens is 392 g/mol. The number of halogens is 1. The van der Waals surface area contributed by atoms with E-state index in [-0.39, 0.29) is 5.91 Å². The first-order valence-corrected chi connectivity index (χ1v) is 10.1.